The Bertz CT molecular complexity index is 1090. The summed E-state index contributed by atoms with van der Waals surface area (Å²) in [5.74, 6) is -0.825. The maximum atomic E-state index is 13.4. The summed E-state index contributed by atoms with van der Waals surface area (Å²) >= 11 is 9.49. The Balaban J connectivity index is 2.43. The van der Waals surface area contributed by atoms with E-state index in [1.54, 1.807) is 32.9 Å². The number of benzene rings is 2. The lowest BCUT2D eigenvalue weighted by Crippen LogP contribution is -2.51. The van der Waals surface area contributed by atoms with Crippen molar-refractivity contribution in [2.75, 3.05) is 23.7 Å². The van der Waals surface area contributed by atoms with Crippen LogP contribution in [0.1, 0.15) is 25.0 Å². The van der Waals surface area contributed by atoms with Gasteiger partial charge < -0.3 is 10.2 Å². The minimum Gasteiger partial charge on any atom is -0.355 e. The summed E-state index contributed by atoms with van der Waals surface area (Å²) < 4.78 is 27.0. The lowest BCUT2D eigenvalue weighted by molar-refractivity contribution is -0.139. The molecule has 0 aliphatic rings. The topological polar surface area (TPSA) is 86.8 Å². The van der Waals surface area contributed by atoms with E-state index in [-0.39, 0.29) is 12.5 Å². The van der Waals surface area contributed by atoms with E-state index in [1.807, 2.05) is 24.3 Å². The molecule has 2 rings (SSSR count). The predicted octanol–water partition coefficient (Wildman–Crippen LogP) is 3.73. The summed E-state index contributed by atoms with van der Waals surface area (Å²) in [7, 11) is -3.80. The first-order valence-corrected chi connectivity index (χ1v) is 13.0. The van der Waals surface area contributed by atoms with Gasteiger partial charge in [-0.15, -0.1) is 0 Å². The van der Waals surface area contributed by atoms with Crippen LogP contribution < -0.4 is 9.62 Å². The Hall–Kier alpha value is -2.10. The van der Waals surface area contributed by atoms with Crippen LogP contribution >= 0.6 is 27.5 Å². The molecule has 1 N–H and O–H groups in total. The van der Waals surface area contributed by atoms with Crippen molar-refractivity contribution in [3.8, 4) is 0 Å². The van der Waals surface area contributed by atoms with E-state index in [0.717, 1.165) is 20.6 Å². The molecule has 0 spiro atoms. The van der Waals surface area contributed by atoms with Gasteiger partial charge in [-0.3, -0.25) is 13.9 Å². The average Bonchev–Trinajstić information content (AvgIpc) is 2.71. The smallest absolute Gasteiger partial charge is 0.244 e. The molecule has 2 aromatic rings. The van der Waals surface area contributed by atoms with Crippen LogP contribution in [0.15, 0.2) is 46.9 Å². The van der Waals surface area contributed by atoms with E-state index in [4.69, 9.17) is 11.6 Å². The molecular formula is C22H27BrClN3O4S. The van der Waals surface area contributed by atoms with Gasteiger partial charge >= 0.3 is 0 Å². The van der Waals surface area contributed by atoms with Crippen molar-refractivity contribution < 1.29 is 18.0 Å². The van der Waals surface area contributed by atoms with Crippen LogP contribution in [0, 0.1) is 6.92 Å². The first kappa shape index (κ1) is 26.2. The minimum atomic E-state index is -3.80. The highest BCUT2D eigenvalue weighted by Gasteiger charge is 2.30. The number of halogens is 2. The van der Waals surface area contributed by atoms with E-state index in [0.29, 0.717) is 22.8 Å². The van der Waals surface area contributed by atoms with Gasteiger partial charge in [0.25, 0.3) is 0 Å². The lowest BCUT2D eigenvalue weighted by Gasteiger charge is -2.32. The standard InChI is InChI=1S/C22H27BrClN3O4S/c1-5-25-22(29)16(3)26(13-17-7-6-8-18(23)11-17)21(28)14-27(32(4,30)31)20-12-19(24)10-9-15(20)2/h6-12,16H,5,13-14H2,1-4H3,(H,25,29)/t16-/m1/s1. The molecule has 1 atom stereocenters. The number of likely N-dealkylation sites (N-methyl/N-ethyl adjacent to an activating group) is 1. The number of carbonyl (C=O) groups excluding carboxylic acids is 2. The quantitative estimate of drug-likeness (QED) is 0.521. The van der Waals surface area contributed by atoms with Gasteiger partial charge in [-0.05, 0) is 56.2 Å². The van der Waals surface area contributed by atoms with Gasteiger partial charge in [0.15, 0.2) is 0 Å². The fourth-order valence-corrected chi connectivity index (χ4v) is 4.69. The van der Waals surface area contributed by atoms with Gasteiger partial charge in [-0.25, -0.2) is 8.42 Å². The molecule has 174 valence electrons. The number of amides is 2. The highest BCUT2D eigenvalue weighted by atomic mass is 79.9. The second-order valence-corrected chi connectivity index (χ2v) is 10.7. The molecule has 0 fully saturated rings. The van der Waals surface area contributed by atoms with Gasteiger partial charge in [0.05, 0.1) is 11.9 Å². The highest BCUT2D eigenvalue weighted by molar-refractivity contribution is 9.10. The summed E-state index contributed by atoms with van der Waals surface area (Å²) in [5, 5.41) is 3.07. The molecule has 0 saturated heterocycles. The number of rotatable bonds is 9. The molecule has 0 aromatic heterocycles. The molecule has 32 heavy (non-hydrogen) atoms. The first-order chi connectivity index (χ1) is 14.9. The Morgan fingerprint density at radius 2 is 1.88 bits per heavy atom. The average molecular weight is 545 g/mol. The predicted molar refractivity (Wildman–Crippen MR) is 131 cm³/mol. The second-order valence-electron chi connectivity index (χ2n) is 7.42. The zero-order valence-corrected chi connectivity index (χ0v) is 21.6. The Kier molecular flexibility index (Phi) is 9.12. The monoisotopic (exact) mass is 543 g/mol. The molecule has 0 aliphatic heterocycles. The third-order valence-corrected chi connectivity index (χ3v) is 6.73. The molecule has 0 heterocycles. The largest absolute Gasteiger partial charge is 0.355 e. The number of nitrogens with one attached hydrogen (secondary N) is 1. The Labute approximate surface area is 202 Å². The number of hydrogen-bond acceptors (Lipinski definition) is 4. The number of aryl methyl sites for hydroxylation is 1. The van der Waals surface area contributed by atoms with Gasteiger partial charge in [0, 0.05) is 22.6 Å². The number of nitrogens with zero attached hydrogens (tertiary/aromatic N) is 2. The number of anilines is 1. The molecule has 0 saturated carbocycles. The normalized spacial score (nSPS) is 12.2. The van der Waals surface area contributed by atoms with Crippen LogP contribution in [-0.2, 0) is 26.2 Å². The van der Waals surface area contributed by atoms with Crippen molar-refractivity contribution in [1.82, 2.24) is 10.2 Å². The third-order valence-electron chi connectivity index (χ3n) is 4.88. The van der Waals surface area contributed by atoms with E-state index < -0.39 is 28.5 Å². The zero-order chi connectivity index (χ0) is 24.1. The summed E-state index contributed by atoms with van der Waals surface area (Å²) in [6, 6.07) is 11.4. The maximum Gasteiger partial charge on any atom is 0.244 e. The van der Waals surface area contributed by atoms with Crippen molar-refractivity contribution >= 4 is 55.1 Å². The minimum absolute atomic E-state index is 0.142. The first-order valence-electron chi connectivity index (χ1n) is 9.99. The van der Waals surface area contributed by atoms with E-state index >= 15 is 0 Å². The molecular weight excluding hydrogens is 518 g/mol. The highest BCUT2D eigenvalue weighted by Crippen LogP contribution is 2.27. The molecule has 0 radical (unpaired) electrons. The molecule has 2 aromatic carbocycles. The van der Waals surface area contributed by atoms with Crippen molar-refractivity contribution in [1.29, 1.82) is 0 Å². The molecule has 0 unspecified atom stereocenters. The molecule has 0 aliphatic carbocycles. The fourth-order valence-electron chi connectivity index (χ4n) is 3.18. The van der Waals surface area contributed by atoms with Crippen LogP contribution in [0.25, 0.3) is 0 Å². The SMILES string of the molecule is CCNC(=O)[C@@H](C)N(Cc1cccc(Br)c1)C(=O)CN(c1cc(Cl)ccc1C)S(C)(=O)=O. The van der Waals surface area contributed by atoms with Crippen molar-refractivity contribution in [2.24, 2.45) is 0 Å². The second kappa shape index (κ2) is 11.2. The Morgan fingerprint density at radius 3 is 2.47 bits per heavy atom. The molecule has 0 bridgehead atoms. The molecule has 2 amide bonds. The van der Waals surface area contributed by atoms with Gasteiger partial charge in [-0.2, -0.15) is 0 Å². The Morgan fingerprint density at radius 1 is 1.19 bits per heavy atom. The van der Waals surface area contributed by atoms with Gasteiger partial charge in [0.2, 0.25) is 21.8 Å². The lowest BCUT2D eigenvalue weighted by atomic mass is 10.1. The van der Waals surface area contributed by atoms with Crippen molar-refractivity contribution in [2.45, 2.75) is 33.4 Å². The van der Waals surface area contributed by atoms with Crippen molar-refractivity contribution in [3.63, 3.8) is 0 Å². The van der Waals surface area contributed by atoms with E-state index in [1.165, 1.54) is 11.0 Å². The van der Waals surface area contributed by atoms with Gasteiger partial charge in [0.1, 0.15) is 12.6 Å². The zero-order valence-electron chi connectivity index (χ0n) is 18.4. The number of carbonyl (C=O) groups is 2. The molecule has 10 heteroatoms. The number of sulfonamides is 1. The number of hydrogen-bond donors (Lipinski definition) is 1. The third kappa shape index (κ3) is 6.95. The van der Waals surface area contributed by atoms with Crippen LogP contribution in [-0.4, -0.2) is 50.5 Å². The summed E-state index contributed by atoms with van der Waals surface area (Å²) in [6.07, 6.45) is 1.03. The van der Waals surface area contributed by atoms with Crippen LogP contribution in [0.2, 0.25) is 5.02 Å². The van der Waals surface area contributed by atoms with E-state index in [2.05, 4.69) is 21.2 Å². The van der Waals surface area contributed by atoms with Crippen LogP contribution in [0.4, 0.5) is 5.69 Å². The van der Waals surface area contributed by atoms with Gasteiger partial charge in [-0.1, -0.05) is 45.7 Å². The van der Waals surface area contributed by atoms with Crippen molar-refractivity contribution in [3.05, 3.63) is 63.1 Å². The summed E-state index contributed by atoms with van der Waals surface area (Å²) in [6.45, 7) is 5.25. The fraction of sp³-hybridized carbons (Fsp3) is 0.364. The van der Waals surface area contributed by atoms with E-state index in [9.17, 15) is 18.0 Å². The van der Waals surface area contributed by atoms with Crippen LogP contribution in [0.5, 0.6) is 0 Å². The molecule has 7 nitrogen and oxygen atoms in total. The maximum absolute atomic E-state index is 13.4. The van der Waals surface area contributed by atoms with Crippen LogP contribution in [0.3, 0.4) is 0 Å². The summed E-state index contributed by atoms with van der Waals surface area (Å²) in [5.41, 5.74) is 1.78. The summed E-state index contributed by atoms with van der Waals surface area (Å²) in [4.78, 5) is 27.3.